The Balaban J connectivity index is 1.78. The number of carbonyl (C=O) groups is 1. The van der Waals surface area contributed by atoms with Crippen molar-refractivity contribution in [3.8, 4) is 0 Å². The molecule has 0 spiro atoms. The van der Waals surface area contributed by atoms with Crippen LogP contribution >= 0.6 is 46.4 Å². The number of carbonyl (C=O) groups excluding carboxylic acids is 1. The highest BCUT2D eigenvalue weighted by Crippen LogP contribution is 2.45. The average molecular weight is 596 g/mol. The molecule has 2 aromatic heterocycles. The largest absolute Gasteiger partial charge is 0.375 e. The van der Waals surface area contributed by atoms with Gasteiger partial charge in [0.1, 0.15) is 6.61 Å². The summed E-state index contributed by atoms with van der Waals surface area (Å²) in [5, 5.41) is 7.22. The van der Waals surface area contributed by atoms with Gasteiger partial charge in [0.25, 0.3) is 0 Å². The Kier molecular flexibility index (Phi) is 7.22. The molecular formula is C23H23ClIN5O2S. The number of hydrogen-bond donors (Lipinski definition) is 3. The summed E-state index contributed by atoms with van der Waals surface area (Å²) < 4.78 is 6.03. The number of pyridine rings is 1. The lowest BCUT2D eigenvalue weighted by Gasteiger charge is -2.29. The van der Waals surface area contributed by atoms with Crippen LogP contribution in [0.2, 0.25) is 5.02 Å². The molecule has 0 aliphatic carbocycles. The second-order valence-electron chi connectivity index (χ2n) is 7.74. The molecule has 172 valence electrons. The summed E-state index contributed by atoms with van der Waals surface area (Å²) in [7, 11) is 1.47. The van der Waals surface area contributed by atoms with Crippen LogP contribution in [0.15, 0.2) is 42.6 Å². The fourth-order valence-corrected chi connectivity index (χ4v) is 5.55. The van der Waals surface area contributed by atoms with Crippen molar-refractivity contribution in [2.75, 3.05) is 23.9 Å². The molecule has 1 saturated heterocycles. The smallest absolute Gasteiger partial charge is 0.250 e. The van der Waals surface area contributed by atoms with Crippen LogP contribution in [0, 0.1) is 17.4 Å². The highest BCUT2D eigenvalue weighted by molar-refractivity contribution is 14.1. The molecule has 0 radical (unpaired) electrons. The number of aromatic amines is 1. The molecule has 1 fully saturated rings. The number of benzene rings is 1. The predicted molar refractivity (Wildman–Crippen MR) is 143 cm³/mol. The number of halogens is 2. The maximum Gasteiger partial charge on any atom is 0.250 e. The molecular weight excluding hydrogens is 573 g/mol. The highest BCUT2D eigenvalue weighted by Gasteiger charge is 2.43. The van der Waals surface area contributed by atoms with Gasteiger partial charge >= 0.3 is 0 Å². The molecule has 1 aromatic carbocycles. The van der Waals surface area contributed by atoms with Crippen molar-refractivity contribution in [1.29, 1.82) is 0 Å². The number of rotatable bonds is 6. The van der Waals surface area contributed by atoms with Gasteiger partial charge in [-0.05, 0) is 79.0 Å². The molecule has 4 rings (SSSR count). The molecule has 1 amide bonds. The first-order valence-electron chi connectivity index (χ1n) is 10.2. The Morgan fingerprint density at radius 1 is 1.30 bits per heavy atom. The minimum Gasteiger partial charge on any atom is -0.375 e. The first-order chi connectivity index (χ1) is 15.8. The van der Waals surface area contributed by atoms with Crippen LogP contribution in [0.25, 0.3) is 0 Å². The molecule has 1 aliphatic heterocycles. The lowest BCUT2D eigenvalue weighted by Crippen LogP contribution is -2.30. The fourth-order valence-electron chi connectivity index (χ4n) is 4.12. The zero-order valence-electron chi connectivity index (χ0n) is 18.3. The summed E-state index contributed by atoms with van der Waals surface area (Å²) in [4.78, 5) is 22.0. The second-order valence-corrected chi connectivity index (χ2v) is 9.62. The van der Waals surface area contributed by atoms with Gasteiger partial charge in [0.05, 0.1) is 28.5 Å². The van der Waals surface area contributed by atoms with Gasteiger partial charge in [-0.2, -0.15) is 0 Å². The van der Waals surface area contributed by atoms with Gasteiger partial charge in [-0.25, -0.2) is 0 Å². The normalized spacial score (nSPS) is 17.8. The number of nitrogens with one attached hydrogen (secondary N) is 3. The maximum absolute atomic E-state index is 11.9. The van der Waals surface area contributed by atoms with E-state index in [2.05, 4.69) is 61.9 Å². The first kappa shape index (κ1) is 23.9. The lowest BCUT2D eigenvalue weighted by molar-refractivity contribution is -0.119. The van der Waals surface area contributed by atoms with Crippen molar-refractivity contribution < 1.29 is 9.53 Å². The minimum atomic E-state index is -0.272. The average Bonchev–Trinajstić information content (AvgIpc) is 3.25. The number of ether oxygens (including phenoxy) is 1. The third kappa shape index (κ3) is 4.72. The summed E-state index contributed by atoms with van der Waals surface area (Å²) in [5.74, 6) is -0.272. The predicted octanol–water partition coefficient (Wildman–Crippen LogP) is 5.05. The van der Waals surface area contributed by atoms with E-state index >= 15 is 0 Å². The summed E-state index contributed by atoms with van der Waals surface area (Å²) in [6.07, 6.45) is 1.79. The van der Waals surface area contributed by atoms with Gasteiger partial charge in [0.2, 0.25) is 5.91 Å². The van der Waals surface area contributed by atoms with E-state index in [1.807, 2.05) is 30.3 Å². The lowest BCUT2D eigenvalue weighted by atomic mass is 9.96. The van der Waals surface area contributed by atoms with E-state index < -0.39 is 0 Å². The van der Waals surface area contributed by atoms with Crippen LogP contribution in [-0.2, 0) is 9.53 Å². The number of thiocarbonyl (C=S) groups is 1. The summed E-state index contributed by atoms with van der Waals surface area (Å²) in [6, 6.07) is 11.1. The molecule has 2 atom stereocenters. The van der Waals surface area contributed by atoms with E-state index in [0.717, 1.165) is 31.9 Å². The van der Waals surface area contributed by atoms with Crippen molar-refractivity contribution >= 4 is 68.8 Å². The van der Waals surface area contributed by atoms with Gasteiger partial charge in [-0.3, -0.25) is 9.78 Å². The number of hydrogen-bond acceptors (Lipinski definition) is 4. The third-order valence-corrected chi connectivity index (χ3v) is 7.54. The molecule has 3 aromatic rings. The van der Waals surface area contributed by atoms with Crippen molar-refractivity contribution in [2.45, 2.75) is 25.9 Å². The van der Waals surface area contributed by atoms with E-state index in [1.54, 1.807) is 12.3 Å². The van der Waals surface area contributed by atoms with Crippen LogP contribution in [0.3, 0.4) is 0 Å². The standard InChI is InChI=1S/C23H23ClIN5O2S/c1-12-19(20(25)13(2)27-12)22-21(17-6-4-5-9-26-17)29-23(33)30(22)14-7-8-16(15(24)10-14)28-18(31)11-32-3/h4-10,21-22,27H,11H2,1-3H3,(H,28,31)(H,29,33)/t21-,22+/m0/s1. The molecule has 3 N–H and O–H groups in total. The molecule has 10 heteroatoms. The fraction of sp³-hybridized carbons (Fsp3) is 0.261. The maximum atomic E-state index is 11.9. The third-order valence-electron chi connectivity index (χ3n) is 5.52. The van der Waals surface area contributed by atoms with Gasteiger partial charge in [-0.1, -0.05) is 17.7 Å². The van der Waals surface area contributed by atoms with Crippen molar-refractivity contribution in [2.24, 2.45) is 0 Å². The summed E-state index contributed by atoms with van der Waals surface area (Å²) in [5.41, 5.74) is 5.57. The van der Waals surface area contributed by atoms with E-state index in [9.17, 15) is 4.79 Å². The number of H-pyrrole nitrogens is 1. The number of amides is 1. The Morgan fingerprint density at radius 2 is 2.09 bits per heavy atom. The number of nitrogens with zero attached hydrogens (tertiary/aromatic N) is 2. The number of anilines is 2. The Labute approximate surface area is 216 Å². The molecule has 1 aliphatic rings. The Bertz CT molecular complexity index is 1200. The highest BCUT2D eigenvalue weighted by atomic mass is 127. The molecule has 7 nitrogen and oxygen atoms in total. The second kappa shape index (κ2) is 9.96. The zero-order chi connectivity index (χ0) is 23.7. The minimum absolute atomic E-state index is 0.0450. The summed E-state index contributed by atoms with van der Waals surface area (Å²) in [6.45, 7) is 4.09. The van der Waals surface area contributed by atoms with Crippen LogP contribution < -0.4 is 15.5 Å². The quantitative estimate of drug-likeness (QED) is 0.274. The van der Waals surface area contributed by atoms with Gasteiger partial charge < -0.3 is 25.3 Å². The van der Waals surface area contributed by atoms with Crippen molar-refractivity contribution in [1.82, 2.24) is 15.3 Å². The van der Waals surface area contributed by atoms with Crippen LogP contribution in [0.5, 0.6) is 0 Å². The molecule has 33 heavy (non-hydrogen) atoms. The van der Waals surface area contributed by atoms with E-state index in [4.69, 9.17) is 28.6 Å². The Morgan fingerprint density at radius 3 is 2.70 bits per heavy atom. The topological polar surface area (TPSA) is 82.3 Å². The molecule has 3 heterocycles. The monoisotopic (exact) mass is 595 g/mol. The van der Waals surface area contributed by atoms with Gasteiger partial charge in [0, 0.05) is 39.5 Å². The first-order valence-corrected chi connectivity index (χ1v) is 12.1. The van der Waals surface area contributed by atoms with Crippen LogP contribution in [0.4, 0.5) is 11.4 Å². The van der Waals surface area contributed by atoms with Crippen LogP contribution in [-0.4, -0.2) is 34.7 Å². The van der Waals surface area contributed by atoms with Gasteiger partial charge in [-0.15, -0.1) is 0 Å². The number of aryl methyl sites for hydroxylation is 2. The SMILES string of the molecule is COCC(=O)Nc1ccc(N2C(=S)N[C@@H](c3ccccn3)[C@H]2c2c(C)[nH]c(C)c2I)cc1Cl. The van der Waals surface area contributed by atoms with Gasteiger partial charge in [0.15, 0.2) is 5.11 Å². The van der Waals surface area contributed by atoms with E-state index in [0.29, 0.717) is 15.8 Å². The summed E-state index contributed by atoms with van der Waals surface area (Å²) >= 11 is 14.7. The molecule has 0 unspecified atom stereocenters. The Hall–Kier alpha value is -2.21. The van der Waals surface area contributed by atoms with E-state index in [-0.39, 0.29) is 24.6 Å². The van der Waals surface area contributed by atoms with E-state index in [1.165, 1.54) is 7.11 Å². The van der Waals surface area contributed by atoms with Crippen LogP contribution in [0.1, 0.15) is 34.7 Å². The van der Waals surface area contributed by atoms with Crippen molar-refractivity contribution in [3.63, 3.8) is 0 Å². The molecule has 0 saturated carbocycles. The number of methoxy groups -OCH3 is 1. The van der Waals surface area contributed by atoms with Crippen molar-refractivity contribution in [3.05, 3.63) is 73.8 Å². The number of aromatic nitrogens is 2. The molecule has 0 bridgehead atoms. The zero-order valence-corrected chi connectivity index (χ0v) is 22.0.